The molecular weight excluding hydrogens is 432 g/mol. The van der Waals surface area contributed by atoms with Crippen molar-refractivity contribution in [3.8, 4) is 0 Å². The van der Waals surface area contributed by atoms with Gasteiger partial charge < -0.3 is 0 Å². The number of para-hydroxylation sites is 1. The zero-order valence-electron chi connectivity index (χ0n) is 17.0. The van der Waals surface area contributed by atoms with E-state index < -0.39 is 10.0 Å². The number of nitrogens with zero attached hydrogens (tertiary/aromatic N) is 6. The average Bonchev–Trinajstić information content (AvgIpc) is 3.10. The van der Waals surface area contributed by atoms with Crippen LogP contribution in [0.4, 0.5) is 0 Å². The van der Waals surface area contributed by atoms with Gasteiger partial charge in [0.15, 0.2) is 5.65 Å². The molecule has 3 aromatic heterocycles. The number of pyridine rings is 2. The van der Waals surface area contributed by atoms with Gasteiger partial charge in [-0.1, -0.05) is 18.2 Å². The summed E-state index contributed by atoms with van der Waals surface area (Å²) in [5.74, 6) is 0. The van der Waals surface area contributed by atoms with E-state index >= 15 is 0 Å². The maximum atomic E-state index is 12.8. The van der Waals surface area contributed by atoms with Gasteiger partial charge in [-0.15, -0.1) is 0 Å². The molecule has 0 N–H and O–H groups in total. The number of aryl methyl sites for hydroxylation is 1. The van der Waals surface area contributed by atoms with Crippen LogP contribution >= 0.6 is 12.2 Å². The molecule has 1 aliphatic rings. The molecule has 1 aliphatic heterocycles. The van der Waals surface area contributed by atoms with Gasteiger partial charge in [0.1, 0.15) is 4.90 Å². The summed E-state index contributed by atoms with van der Waals surface area (Å²) in [5.41, 5.74) is 3.02. The highest BCUT2D eigenvalue weighted by Crippen LogP contribution is 2.22. The van der Waals surface area contributed by atoms with Crippen molar-refractivity contribution in [2.45, 2.75) is 18.5 Å². The number of benzene rings is 1. The number of rotatable bonds is 4. The Kier molecular flexibility index (Phi) is 5.09. The first-order valence-electron chi connectivity index (χ1n) is 10.1. The van der Waals surface area contributed by atoms with Crippen molar-refractivity contribution in [3.05, 3.63) is 65.2 Å². The minimum Gasteiger partial charge on any atom is -0.282 e. The monoisotopic (exact) mass is 454 g/mol. The Hall–Kier alpha value is -2.66. The van der Waals surface area contributed by atoms with Crippen LogP contribution in [-0.4, -0.2) is 63.0 Å². The molecule has 160 valence electrons. The van der Waals surface area contributed by atoms with Crippen LogP contribution in [0.3, 0.4) is 0 Å². The third-order valence-electron chi connectivity index (χ3n) is 5.72. The van der Waals surface area contributed by atoms with Crippen molar-refractivity contribution in [2.75, 3.05) is 26.2 Å². The van der Waals surface area contributed by atoms with Crippen LogP contribution < -0.4 is 0 Å². The lowest BCUT2D eigenvalue weighted by atomic mass is 10.1. The Morgan fingerprint density at radius 2 is 1.84 bits per heavy atom. The van der Waals surface area contributed by atoms with Gasteiger partial charge in [0.2, 0.25) is 14.8 Å². The average molecular weight is 455 g/mol. The zero-order chi connectivity index (χ0) is 21.6. The van der Waals surface area contributed by atoms with Crippen LogP contribution in [0.1, 0.15) is 5.56 Å². The van der Waals surface area contributed by atoms with Gasteiger partial charge in [0.25, 0.3) is 0 Å². The number of fused-ring (bicyclic) bond motifs is 3. The van der Waals surface area contributed by atoms with Gasteiger partial charge >= 0.3 is 0 Å². The normalized spacial score (nSPS) is 16.3. The van der Waals surface area contributed by atoms with E-state index in [4.69, 9.17) is 17.3 Å². The lowest BCUT2D eigenvalue weighted by Crippen LogP contribution is -2.48. The third kappa shape index (κ3) is 3.55. The number of piperazine rings is 1. The Morgan fingerprint density at radius 1 is 1.06 bits per heavy atom. The first kappa shape index (κ1) is 20.3. The molecule has 4 heterocycles. The van der Waals surface area contributed by atoms with Crippen molar-refractivity contribution < 1.29 is 8.42 Å². The molecule has 1 fully saturated rings. The summed E-state index contributed by atoms with van der Waals surface area (Å²) in [7, 11) is -3.52. The van der Waals surface area contributed by atoms with Crippen molar-refractivity contribution >= 4 is 38.8 Å². The zero-order valence-corrected chi connectivity index (χ0v) is 18.7. The van der Waals surface area contributed by atoms with Gasteiger partial charge in [-0.2, -0.15) is 9.40 Å². The summed E-state index contributed by atoms with van der Waals surface area (Å²) in [6.45, 7) is 4.64. The third-order valence-corrected chi connectivity index (χ3v) is 7.99. The SMILES string of the molecule is Cc1cc2nn(CN3CCN(S(=O)(=O)c4cccnc4)CC3)c(=S)n2c2ccccc12. The van der Waals surface area contributed by atoms with Crippen molar-refractivity contribution in [1.82, 2.24) is 28.4 Å². The summed E-state index contributed by atoms with van der Waals surface area (Å²) < 4.78 is 31.6. The van der Waals surface area contributed by atoms with Gasteiger partial charge in [-0.05, 0) is 49.0 Å². The van der Waals surface area contributed by atoms with Gasteiger partial charge in [0.05, 0.1) is 12.2 Å². The van der Waals surface area contributed by atoms with E-state index in [0.29, 0.717) is 37.6 Å². The number of sulfonamides is 1. The second-order valence-corrected chi connectivity index (χ2v) is 9.98. The van der Waals surface area contributed by atoms with E-state index in [1.165, 1.54) is 10.5 Å². The minimum atomic E-state index is -3.52. The maximum Gasteiger partial charge on any atom is 0.244 e. The highest BCUT2D eigenvalue weighted by Gasteiger charge is 2.28. The number of aromatic nitrogens is 4. The smallest absolute Gasteiger partial charge is 0.244 e. The standard InChI is InChI=1S/C21H22N6O2S2/c1-16-13-20-23-26(21(30)27(20)19-7-3-2-6-18(16)19)15-24-9-11-25(12-10-24)31(28,29)17-5-4-8-22-14-17/h2-8,13-14H,9-12,15H2,1H3. The fourth-order valence-electron chi connectivity index (χ4n) is 4.06. The van der Waals surface area contributed by atoms with Crippen LogP contribution in [0.5, 0.6) is 0 Å². The van der Waals surface area contributed by atoms with Crippen molar-refractivity contribution in [3.63, 3.8) is 0 Å². The van der Waals surface area contributed by atoms with Crippen molar-refractivity contribution in [1.29, 1.82) is 0 Å². The molecule has 31 heavy (non-hydrogen) atoms. The van der Waals surface area contributed by atoms with E-state index in [1.807, 2.05) is 27.3 Å². The van der Waals surface area contributed by atoms with Gasteiger partial charge in [-0.3, -0.25) is 14.3 Å². The second-order valence-electron chi connectivity index (χ2n) is 7.67. The molecule has 0 spiro atoms. The van der Waals surface area contributed by atoms with E-state index in [2.05, 4.69) is 28.9 Å². The molecule has 0 atom stereocenters. The summed E-state index contributed by atoms with van der Waals surface area (Å²) in [6, 6.07) is 13.4. The highest BCUT2D eigenvalue weighted by atomic mass is 32.2. The van der Waals surface area contributed by atoms with Crippen LogP contribution in [0, 0.1) is 11.7 Å². The molecule has 10 heteroatoms. The summed E-state index contributed by atoms with van der Waals surface area (Å²) in [4.78, 5) is 6.34. The maximum absolute atomic E-state index is 12.8. The number of hydrogen-bond donors (Lipinski definition) is 0. The summed E-state index contributed by atoms with van der Waals surface area (Å²) >= 11 is 5.74. The first-order chi connectivity index (χ1) is 14.9. The van der Waals surface area contributed by atoms with Crippen LogP contribution in [0.25, 0.3) is 16.6 Å². The second kappa shape index (κ2) is 7.79. The van der Waals surface area contributed by atoms with Crippen LogP contribution in [-0.2, 0) is 16.7 Å². The summed E-state index contributed by atoms with van der Waals surface area (Å²) in [6.07, 6.45) is 2.96. The molecule has 0 radical (unpaired) electrons. The minimum absolute atomic E-state index is 0.230. The van der Waals surface area contributed by atoms with E-state index in [9.17, 15) is 8.42 Å². The summed E-state index contributed by atoms with van der Waals surface area (Å²) in [5, 5.41) is 5.88. The molecule has 5 rings (SSSR count). The molecular formula is C21H22N6O2S2. The Bertz CT molecular complexity index is 1420. The first-order valence-corrected chi connectivity index (χ1v) is 11.9. The van der Waals surface area contributed by atoms with Crippen molar-refractivity contribution in [2.24, 2.45) is 0 Å². The predicted octanol–water partition coefficient (Wildman–Crippen LogP) is 2.69. The molecule has 0 unspecified atom stereocenters. The molecule has 1 saturated heterocycles. The van der Waals surface area contributed by atoms with Gasteiger partial charge in [0, 0.05) is 44.0 Å². The number of hydrogen-bond acceptors (Lipinski definition) is 6. The van der Waals surface area contributed by atoms with Crippen LogP contribution in [0.15, 0.2) is 59.8 Å². The topological polar surface area (TPSA) is 75.7 Å². The lowest BCUT2D eigenvalue weighted by molar-refractivity contribution is 0.145. The Morgan fingerprint density at radius 3 is 2.58 bits per heavy atom. The fourth-order valence-corrected chi connectivity index (χ4v) is 5.74. The molecule has 0 amide bonds. The highest BCUT2D eigenvalue weighted by molar-refractivity contribution is 7.89. The molecule has 0 aliphatic carbocycles. The van der Waals surface area contributed by atoms with E-state index in [-0.39, 0.29) is 4.90 Å². The van der Waals surface area contributed by atoms with E-state index in [1.54, 1.807) is 18.3 Å². The van der Waals surface area contributed by atoms with Gasteiger partial charge in [-0.25, -0.2) is 13.1 Å². The fraction of sp³-hybridized carbons (Fsp3) is 0.286. The quantitative estimate of drug-likeness (QED) is 0.442. The van der Waals surface area contributed by atoms with Crippen LogP contribution in [0.2, 0.25) is 0 Å². The lowest BCUT2D eigenvalue weighted by Gasteiger charge is -2.33. The van der Waals surface area contributed by atoms with E-state index in [0.717, 1.165) is 22.1 Å². The molecule has 0 saturated carbocycles. The molecule has 0 bridgehead atoms. The molecule has 4 aromatic rings. The Balaban J connectivity index is 1.37. The largest absolute Gasteiger partial charge is 0.282 e. The molecule has 1 aromatic carbocycles. The Labute approximate surface area is 185 Å². The molecule has 8 nitrogen and oxygen atoms in total. The predicted molar refractivity (Wildman–Crippen MR) is 121 cm³/mol.